The van der Waals surface area contributed by atoms with Crippen LogP contribution < -0.4 is 4.90 Å². The molecule has 1 N–H and O–H groups in total. The number of hydrogen-bond acceptors (Lipinski definition) is 5. The van der Waals surface area contributed by atoms with Crippen LogP contribution in [-0.2, 0) is 7.05 Å². The summed E-state index contributed by atoms with van der Waals surface area (Å²) in [5, 5.41) is 11.0. The first-order valence-corrected chi connectivity index (χ1v) is 8.10. The summed E-state index contributed by atoms with van der Waals surface area (Å²) in [4.78, 5) is 24.6. The van der Waals surface area contributed by atoms with Gasteiger partial charge in [0.15, 0.2) is 0 Å². The average molecular weight is 329 g/mol. The number of likely N-dealkylation sites (N-methyl/N-ethyl adjacent to an activating group) is 1. The Morgan fingerprint density at radius 3 is 2.79 bits per heavy atom. The number of aryl methyl sites for hydroxylation is 1. The first kappa shape index (κ1) is 16.4. The van der Waals surface area contributed by atoms with Crippen LogP contribution in [0.25, 0.3) is 0 Å². The van der Waals surface area contributed by atoms with Crippen molar-refractivity contribution in [2.75, 3.05) is 31.6 Å². The van der Waals surface area contributed by atoms with Gasteiger partial charge in [0, 0.05) is 39.2 Å². The molecule has 0 spiro atoms. The van der Waals surface area contributed by atoms with E-state index in [9.17, 15) is 9.90 Å². The lowest BCUT2D eigenvalue weighted by Gasteiger charge is -2.41. The van der Waals surface area contributed by atoms with E-state index >= 15 is 0 Å². The minimum absolute atomic E-state index is 0.0935. The lowest BCUT2D eigenvalue weighted by molar-refractivity contribution is -0.000533. The largest absolute Gasteiger partial charge is 0.386 e. The van der Waals surface area contributed by atoms with Gasteiger partial charge in [-0.25, -0.2) is 9.97 Å². The highest BCUT2D eigenvalue weighted by molar-refractivity contribution is 5.92. The third-order valence-corrected chi connectivity index (χ3v) is 4.43. The predicted octanol–water partition coefficient (Wildman–Crippen LogP) is 0.919. The standard InChI is InChI=1S/C17H23N5O2/c1-20-10-3-6-14(20)15(23)21(2)12-17(24)7-4-11-22(13-17)16-18-8-5-9-19-16/h3,5-6,8-10,24H,4,7,11-13H2,1-2H3. The van der Waals surface area contributed by atoms with Crippen LogP contribution in [0.15, 0.2) is 36.8 Å². The number of nitrogens with zero attached hydrogens (tertiary/aromatic N) is 5. The van der Waals surface area contributed by atoms with Gasteiger partial charge >= 0.3 is 0 Å². The molecule has 2 aromatic rings. The van der Waals surface area contributed by atoms with Crippen LogP contribution in [0.3, 0.4) is 0 Å². The minimum Gasteiger partial charge on any atom is -0.386 e. The van der Waals surface area contributed by atoms with E-state index in [-0.39, 0.29) is 12.5 Å². The van der Waals surface area contributed by atoms with Crippen LogP contribution in [0.5, 0.6) is 0 Å². The predicted molar refractivity (Wildman–Crippen MR) is 90.8 cm³/mol. The zero-order chi connectivity index (χ0) is 17.2. The Balaban J connectivity index is 1.69. The molecule has 1 amide bonds. The van der Waals surface area contributed by atoms with E-state index in [1.807, 2.05) is 24.2 Å². The maximum atomic E-state index is 12.5. The van der Waals surface area contributed by atoms with Crippen molar-refractivity contribution in [1.29, 1.82) is 0 Å². The summed E-state index contributed by atoms with van der Waals surface area (Å²) in [7, 11) is 3.57. The van der Waals surface area contributed by atoms with Crippen molar-refractivity contribution < 1.29 is 9.90 Å². The van der Waals surface area contributed by atoms with Gasteiger partial charge in [0.25, 0.3) is 5.91 Å². The Labute approximate surface area is 141 Å². The number of hydrogen-bond donors (Lipinski definition) is 1. The van der Waals surface area contributed by atoms with Gasteiger partial charge in [-0.2, -0.15) is 0 Å². The monoisotopic (exact) mass is 329 g/mol. The van der Waals surface area contributed by atoms with Gasteiger partial charge in [-0.3, -0.25) is 4.79 Å². The number of rotatable bonds is 4. The SMILES string of the molecule is CN(CC1(O)CCCN(c2ncccn2)C1)C(=O)c1cccn1C. The van der Waals surface area contributed by atoms with E-state index in [4.69, 9.17) is 0 Å². The molecule has 7 nitrogen and oxygen atoms in total. The molecule has 0 radical (unpaired) electrons. The summed E-state index contributed by atoms with van der Waals surface area (Å²) in [6, 6.07) is 5.39. The molecule has 1 atom stereocenters. The Hall–Kier alpha value is -2.41. The topological polar surface area (TPSA) is 74.5 Å². The van der Waals surface area contributed by atoms with Crippen LogP contribution in [-0.4, -0.2) is 62.7 Å². The fraction of sp³-hybridized carbons (Fsp3) is 0.471. The number of aromatic nitrogens is 3. The Kier molecular flexibility index (Phi) is 4.53. The molecule has 1 unspecified atom stereocenters. The van der Waals surface area contributed by atoms with Crippen molar-refractivity contribution in [2.45, 2.75) is 18.4 Å². The second-order valence-electron chi connectivity index (χ2n) is 6.46. The van der Waals surface area contributed by atoms with Gasteiger partial charge in [0.2, 0.25) is 5.95 Å². The van der Waals surface area contributed by atoms with Crippen LogP contribution in [0.1, 0.15) is 23.3 Å². The van der Waals surface area contributed by atoms with Crippen LogP contribution in [0.2, 0.25) is 0 Å². The second-order valence-corrected chi connectivity index (χ2v) is 6.46. The number of piperidine rings is 1. The number of anilines is 1. The molecule has 1 saturated heterocycles. The van der Waals surface area contributed by atoms with Crippen molar-refractivity contribution in [3.63, 3.8) is 0 Å². The maximum absolute atomic E-state index is 12.5. The number of carbonyl (C=O) groups excluding carboxylic acids is 1. The highest BCUT2D eigenvalue weighted by Crippen LogP contribution is 2.25. The molecule has 0 bridgehead atoms. The first-order chi connectivity index (χ1) is 11.5. The van der Waals surface area contributed by atoms with Crippen molar-refractivity contribution in [2.24, 2.45) is 7.05 Å². The lowest BCUT2D eigenvalue weighted by atomic mass is 9.92. The van der Waals surface area contributed by atoms with Gasteiger partial charge in [-0.1, -0.05) is 0 Å². The Bertz CT molecular complexity index is 702. The quantitative estimate of drug-likeness (QED) is 0.903. The van der Waals surface area contributed by atoms with Crippen LogP contribution >= 0.6 is 0 Å². The molecule has 1 fully saturated rings. The molecule has 0 aliphatic carbocycles. The summed E-state index contributed by atoms with van der Waals surface area (Å²) in [5.41, 5.74) is -0.354. The van der Waals surface area contributed by atoms with E-state index in [1.165, 1.54) is 0 Å². The number of β-amino-alcohol motifs (C(OH)–C–C–N with tert-alkyl or cyclic N) is 1. The zero-order valence-electron chi connectivity index (χ0n) is 14.1. The molecular formula is C17H23N5O2. The molecule has 7 heteroatoms. The summed E-state index contributed by atoms with van der Waals surface area (Å²) in [6.07, 6.45) is 6.72. The van der Waals surface area contributed by atoms with Crippen molar-refractivity contribution in [3.05, 3.63) is 42.5 Å². The van der Waals surface area contributed by atoms with Gasteiger partial charge in [0.05, 0.1) is 18.7 Å². The maximum Gasteiger partial charge on any atom is 0.270 e. The summed E-state index contributed by atoms with van der Waals surface area (Å²) in [5.74, 6) is 0.524. The summed E-state index contributed by atoms with van der Waals surface area (Å²) in [6.45, 7) is 1.50. The fourth-order valence-corrected chi connectivity index (χ4v) is 3.26. The fourth-order valence-electron chi connectivity index (χ4n) is 3.26. The third kappa shape index (κ3) is 3.41. The lowest BCUT2D eigenvalue weighted by Crippen LogP contribution is -2.55. The van der Waals surface area contributed by atoms with Gasteiger partial charge < -0.3 is 19.5 Å². The van der Waals surface area contributed by atoms with E-state index in [1.54, 1.807) is 41.0 Å². The number of aliphatic hydroxyl groups is 1. The molecule has 1 aliphatic heterocycles. The van der Waals surface area contributed by atoms with Gasteiger partial charge in [-0.15, -0.1) is 0 Å². The average Bonchev–Trinajstić information content (AvgIpc) is 3.00. The van der Waals surface area contributed by atoms with E-state index in [2.05, 4.69) is 9.97 Å². The second kappa shape index (κ2) is 6.60. The number of amides is 1. The third-order valence-electron chi connectivity index (χ3n) is 4.43. The number of carbonyl (C=O) groups is 1. The summed E-state index contributed by atoms with van der Waals surface area (Å²) < 4.78 is 1.79. The molecule has 0 aromatic carbocycles. The van der Waals surface area contributed by atoms with Crippen LogP contribution in [0.4, 0.5) is 5.95 Å². The molecule has 128 valence electrons. The highest BCUT2D eigenvalue weighted by Gasteiger charge is 2.36. The molecular weight excluding hydrogens is 306 g/mol. The zero-order valence-corrected chi connectivity index (χ0v) is 14.1. The van der Waals surface area contributed by atoms with E-state index < -0.39 is 5.60 Å². The molecule has 1 aliphatic rings. The Morgan fingerprint density at radius 2 is 2.12 bits per heavy atom. The normalized spacial score (nSPS) is 20.9. The molecule has 2 aromatic heterocycles. The molecule has 24 heavy (non-hydrogen) atoms. The van der Waals surface area contributed by atoms with Crippen molar-refractivity contribution >= 4 is 11.9 Å². The molecule has 0 saturated carbocycles. The smallest absolute Gasteiger partial charge is 0.270 e. The molecule has 3 rings (SSSR count). The van der Waals surface area contributed by atoms with E-state index in [0.29, 0.717) is 24.6 Å². The van der Waals surface area contributed by atoms with Gasteiger partial charge in [0.1, 0.15) is 5.69 Å². The van der Waals surface area contributed by atoms with Crippen molar-refractivity contribution in [1.82, 2.24) is 19.4 Å². The van der Waals surface area contributed by atoms with Crippen LogP contribution in [0, 0.1) is 0 Å². The molecule has 3 heterocycles. The van der Waals surface area contributed by atoms with Crippen molar-refractivity contribution in [3.8, 4) is 0 Å². The van der Waals surface area contributed by atoms with E-state index in [0.717, 1.165) is 13.0 Å². The highest BCUT2D eigenvalue weighted by atomic mass is 16.3. The first-order valence-electron chi connectivity index (χ1n) is 8.10. The Morgan fingerprint density at radius 1 is 1.38 bits per heavy atom. The van der Waals surface area contributed by atoms with Gasteiger partial charge in [-0.05, 0) is 31.0 Å². The summed E-state index contributed by atoms with van der Waals surface area (Å²) >= 11 is 0. The minimum atomic E-state index is -0.965.